The van der Waals surface area contributed by atoms with E-state index in [0.717, 1.165) is 5.56 Å². The molecule has 0 aliphatic rings. The highest BCUT2D eigenvalue weighted by Gasteiger charge is 2.10. The zero-order valence-electron chi connectivity index (χ0n) is 15.9. The monoisotopic (exact) mass is 384 g/mol. The SMILES string of the molecule is CN(C)CCOC(=O)Cc1ccc(OC(=O)c2ccc(N=C(N)N)cc2)cc1. The molecule has 0 radical (unpaired) electrons. The fraction of sp³-hybridized carbons (Fsp3) is 0.250. The van der Waals surface area contributed by atoms with Crippen molar-refractivity contribution in [3.63, 3.8) is 0 Å². The average Bonchev–Trinajstić information content (AvgIpc) is 2.63. The van der Waals surface area contributed by atoms with E-state index >= 15 is 0 Å². The van der Waals surface area contributed by atoms with Gasteiger partial charge in [-0.2, -0.15) is 0 Å². The summed E-state index contributed by atoms with van der Waals surface area (Å²) in [6.07, 6.45) is 0.161. The fourth-order valence-electron chi connectivity index (χ4n) is 2.22. The molecule has 4 N–H and O–H groups in total. The number of rotatable bonds is 8. The molecule has 2 aromatic carbocycles. The first-order valence-corrected chi connectivity index (χ1v) is 8.64. The molecule has 148 valence electrons. The molecular formula is C20H24N4O4. The minimum absolute atomic E-state index is 0.0583. The predicted octanol–water partition coefficient (Wildman–Crippen LogP) is 1.46. The van der Waals surface area contributed by atoms with Crippen LogP contribution >= 0.6 is 0 Å². The molecule has 0 unspecified atom stereocenters. The number of hydrogen-bond donors (Lipinski definition) is 2. The molecule has 2 rings (SSSR count). The van der Waals surface area contributed by atoms with E-state index in [4.69, 9.17) is 20.9 Å². The van der Waals surface area contributed by atoms with Crippen LogP contribution in [0.4, 0.5) is 5.69 Å². The van der Waals surface area contributed by atoms with Crippen molar-refractivity contribution in [3.8, 4) is 5.75 Å². The van der Waals surface area contributed by atoms with E-state index < -0.39 is 5.97 Å². The van der Waals surface area contributed by atoms with Gasteiger partial charge in [-0.25, -0.2) is 9.79 Å². The minimum Gasteiger partial charge on any atom is -0.464 e. The van der Waals surface area contributed by atoms with Crippen LogP contribution in [0.15, 0.2) is 53.5 Å². The van der Waals surface area contributed by atoms with E-state index in [1.54, 1.807) is 48.5 Å². The van der Waals surface area contributed by atoms with Gasteiger partial charge in [-0.1, -0.05) is 12.1 Å². The van der Waals surface area contributed by atoms with Crippen LogP contribution < -0.4 is 16.2 Å². The number of nitrogens with two attached hydrogens (primary N) is 2. The smallest absolute Gasteiger partial charge is 0.343 e. The van der Waals surface area contributed by atoms with Crippen LogP contribution in [-0.2, 0) is 16.0 Å². The second-order valence-electron chi connectivity index (χ2n) is 6.32. The first-order chi connectivity index (χ1) is 13.3. The Kier molecular flexibility index (Phi) is 7.53. The number of ether oxygens (including phenoxy) is 2. The van der Waals surface area contributed by atoms with Gasteiger partial charge < -0.3 is 25.8 Å². The number of likely N-dealkylation sites (N-methyl/N-ethyl adjacent to an activating group) is 1. The lowest BCUT2D eigenvalue weighted by Gasteiger charge is -2.10. The molecule has 8 nitrogen and oxygen atoms in total. The minimum atomic E-state index is -0.507. The van der Waals surface area contributed by atoms with Gasteiger partial charge in [0, 0.05) is 6.54 Å². The molecule has 2 aromatic rings. The summed E-state index contributed by atoms with van der Waals surface area (Å²) in [4.78, 5) is 29.8. The molecule has 28 heavy (non-hydrogen) atoms. The molecular weight excluding hydrogens is 360 g/mol. The van der Waals surface area contributed by atoms with Gasteiger partial charge >= 0.3 is 11.9 Å². The van der Waals surface area contributed by atoms with Crippen molar-refractivity contribution in [1.82, 2.24) is 4.90 Å². The summed E-state index contributed by atoms with van der Waals surface area (Å²) >= 11 is 0. The Labute approximate surface area is 163 Å². The molecule has 0 saturated heterocycles. The third-order valence-electron chi connectivity index (χ3n) is 3.65. The van der Waals surface area contributed by atoms with E-state index in [1.807, 2.05) is 19.0 Å². The lowest BCUT2D eigenvalue weighted by molar-refractivity contribution is -0.143. The van der Waals surface area contributed by atoms with Crippen LogP contribution in [-0.4, -0.2) is 50.0 Å². The van der Waals surface area contributed by atoms with E-state index in [0.29, 0.717) is 30.2 Å². The third-order valence-corrected chi connectivity index (χ3v) is 3.65. The molecule has 0 amide bonds. The number of esters is 2. The largest absolute Gasteiger partial charge is 0.464 e. The number of carbonyl (C=O) groups excluding carboxylic acids is 2. The van der Waals surface area contributed by atoms with Gasteiger partial charge in [0.15, 0.2) is 5.96 Å². The maximum Gasteiger partial charge on any atom is 0.343 e. The lowest BCUT2D eigenvalue weighted by Crippen LogP contribution is -2.21. The van der Waals surface area contributed by atoms with E-state index in [1.165, 1.54) is 0 Å². The number of hydrogen-bond acceptors (Lipinski definition) is 6. The average molecular weight is 384 g/mol. The first kappa shape index (κ1) is 20.9. The fourth-order valence-corrected chi connectivity index (χ4v) is 2.22. The Morgan fingerprint density at radius 2 is 1.64 bits per heavy atom. The van der Waals surface area contributed by atoms with Crippen LogP contribution in [0.5, 0.6) is 5.75 Å². The van der Waals surface area contributed by atoms with Gasteiger partial charge in [0.1, 0.15) is 12.4 Å². The third kappa shape index (κ3) is 7.08. The zero-order valence-corrected chi connectivity index (χ0v) is 15.9. The van der Waals surface area contributed by atoms with Crippen LogP contribution in [0.1, 0.15) is 15.9 Å². The van der Waals surface area contributed by atoms with E-state index in [9.17, 15) is 9.59 Å². The van der Waals surface area contributed by atoms with Crippen molar-refractivity contribution < 1.29 is 19.1 Å². The Morgan fingerprint density at radius 3 is 2.21 bits per heavy atom. The molecule has 8 heteroatoms. The van der Waals surface area contributed by atoms with Gasteiger partial charge in [-0.15, -0.1) is 0 Å². The molecule has 0 fully saturated rings. The topological polar surface area (TPSA) is 120 Å². The van der Waals surface area contributed by atoms with Crippen molar-refractivity contribution in [2.75, 3.05) is 27.2 Å². The molecule has 0 spiro atoms. The van der Waals surface area contributed by atoms with Gasteiger partial charge in [-0.05, 0) is 56.1 Å². The van der Waals surface area contributed by atoms with Crippen LogP contribution in [0.25, 0.3) is 0 Å². The van der Waals surface area contributed by atoms with Gasteiger partial charge in [0.25, 0.3) is 0 Å². The summed E-state index contributed by atoms with van der Waals surface area (Å²) in [6, 6.07) is 13.1. The van der Waals surface area contributed by atoms with Gasteiger partial charge in [0.05, 0.1) is 17.7 Å². The highest BCUT2D eigenvalue weighted by Crippen LogP contribution is 2.17. The summed E-state index contributed by atoms with van der Waals surface area (Å²) in [5.74, 6) is -0.487. The van der Waals surface area contributed by atoms with E-state index in [2.05, 4.69) is 4.99 Å². The Balaban J connectivity index is 1.88. The first-order valence-electron chi connectivity index (χ1n) is 8.64. The predicted molar refractivity (Wildman–Crippen MR) is 107 cm³/mol. The molecule has 0 aromatic heterocycles. The Morgan fingerprint density at radius 1 is 1.00 bits per heavy atom. The summed E-state index contributed by atoms with van der Waals surface area (Å²) in [6.45, 7) is 1.02. The maximum absolute atomic E-state index is 12.2. The number of carbonyl (C=O) groups is 2. The quantitative estimate of drug-likeness (QED) is 0.306. The summed E-state index contributed by atoms with van der Waals surface area (Å²) in [5.41, 5.74) is 12.3. The number of aliphatic imine (C=N–C) groups is 1. The van der Waals surface area contributed by atoms with Crippen LogP contribution in [0, 0.1) is 0 Å². The molecule has 0 aliphatic heterocycles. The summed E-state index contributed by atoms with van der Waals surface area (Å²) in [7, 11) is 3.82. The van der Waals surface area contributed by atoms with Crippen LogP contribution in [0.2, 0.25) is 0 Å². The number of guanidine groups is 1. The molecule has 0 heterocycles. The highest BCUT2D eigenvalue weighted by molar-refractivity contribution is 5.91. The van der Waals surface area contributed by atoms with E-state index in [-0.39, 0.29) is 18.3 Å². The standard InChI is InChI=1S/C20H24N4O4/c1-24(2)11-12-27-18(25)13-14-3-9-17(10-4-14)28-19(26)15-5-7-16(8-6-15)23-20(21)22/h3-10H,11-13H2,1-2H3,(H4,21,22,23). The molecule has 0 atom stereocenters. The second kappa shape index (κ2) is 10.1. The normalized spacial score (nSPS) is 10.4. The van der Waals surface area contributed by atoms with Crippen LogP contribution in [0.3, 0.4) is 0 Å². The Bertz CT molecular complexity index is 826. The maximum atomic E-state index is 12.2. The number of benzene rings is 2. The summed E-state index contributed by atoms with van der Waals surface area (Å²) < 4.78 is 10.5. The number of nitrogens with zero attached hydrogens (tertiary/aromatic N) is 2. The van der Waals surface area contributed by atoms with Crippen molar-refractivity contribution in [3.05, 3.63) is 59.7 Å². The zero-order chi connectivity index (χ0) is 20.5. The molecule has 0 bridgehead atoms. The van der Waals surface area contributed by atoms with Gasteiger partial charge in [0.2, 0.25) is 0 Å². The van der Waals surface area contributed by atoms with Crippen molar-refractivity contribution in [2.24, 2.45) is 16.5 Å². The van der Waals surface area contributed by atoms with Crippen molar-refractivity contribution in [2.45, 2.75) is 6.42 Å². The highest BCUT2D eigenvalue weighted by atomic mass is 16.5. The van der Waals surface area contributed by atoms with Gasteiger partial charge in [-0.3, -0.25) is 4.79 Å². The second-order valence-corrected chi connectivity index (χ2v) is 6.32. The Hall–Kier alpha value is -3.39. The van der Waals surface area contributed by atoms with Crippen molar-refractivity contribution in [1.29, 1.82) is 0 Å². The van der Waals surface area contributed by atoms with Crippen molar-refractivity contribution >= 4 is 23.6 Å². The summed E-state index contributed by atoms with van der Waals surface area (Å²) in [5, 5.41) is 0. The lowest BCUT2D eigenvalue weighted by atomic mass is 10.1. The molecule has 0 aliphatic carbocycles. The molecule has 0 saturated carbocycles.